The van der Waals surface area contributed by atoms with E-state index in [0.717, 1.165) is 16.7 Å². The second kappa shape index (κ2) is 3.08. The van der Waals surface area contributed by atoms with Gasteiger partial charge >= 0.3 is 0 Å². The van der Waals surface area contributed by atoms with Gasteiger partial charge < -0.3 is 4.42 Å². The van der Waals surface area contributed by atoms with Crippen LogP contribution in [-0.2, 0) is 0 Å². The van der Waals surface area contributed by atoms with Crippen LogP contribution < -0.4 is 0 Å². The van der Waals surface area contributed by atoms with Gasteiger partial charge in [0, 0.05) is 22.6 Å². The molecule has 2 heteroatoms. The Labute approximate surface area is 94.3 Å². The molecule has 1 aliphatic rings. The molecule has 2 nitrogen and oxygen atoms in total. The van der Waals surface area contributed by atoms with Crippen molar-refractivity contribution >= 4 is 23.3 Å². The fourth-order valence-electron chi connectivity index (χ4n) is 1.91. The predicted molar refractivity (Wildman–Crippen MR) is 65.9 cm³/mol. The van der Waals surface area contributed by atoms with E-state index in [2.05, 4.69) is 37.1 Å². The smallest absolute Gasteiger partial charge is 0.227 e. The Kier molecular flexibility index (Phi) is 1.81. The van der Waals surface area contributed by atoms with Crippen molar-refractivity contribution < 1.29 is 4.42 Å². The average Bonchev–Trinajstić information content (AvgIpc) is 2.54. The van der Waals surface area contributed by atoms with Crippen molar-refractivity contribution in [2.75, 3.05) is 0 Å². The molecule has 16 heavy (non-hydrogen) atoms. The molecule has 0 bridgehead atoms. The van der Waals surface area contributed by atoms with Crippen LogP contribution in [0.5, 0.6) is 0 Å². The van der Waals surface area contributed by atoms with Gasteiger partial charge in [-0.1, -0.05) is 32.1 Å². The quantitative estimate of drug-likeness (QED) is 0.660. The normalized spacial score (nSPS) is 17.4. The summed E-state index contributed by atoms with van der Waals surface area (Å²) < 4.78 is 5.71. The molecule has 3 rings (SSSR count). The summed E-state index contributed by atoms with van der Waals surface area (Å²) in [6, 6.07) is 3.98. The first-order valence-electron chi connectivity index (χ1n) is 5.42. The fraction of sp³-hybridized carbons (Fsp3) is 0.214. The number of hydrogen-bond donors (Lipinski definition) is 0. The monoisotopic (exact) mass is 211 g/mol. The Morgan fingerprint density at radius 1 is 1.19 bits per heavy atom. The summed E-state index contributed by atoms with van der Waals surface area (Å²) in [5, 5.41) is 1.08. The molecule has 0 spiro atoms. The molecule has 0 fully saturated rings. The van der Waals surface area contributed by atoms with Crippen molar-refractivity contribution in [1.82, 2.24) is 4.98 Å². The van der Waals surface area contributed by atoms with E-state index < -0.39 is 0 Å². The van der Waals surface area contributed by atoms with Crippen LogP contribution in [-0.4, -0.2) is 4.98 Å². The van der Waals surface area contributed by atoms with Crippen LogP contribution in [0.1, 0.15) is 25.2 Å². The third kappa shape index (κ3) is 1.38. The number of allylic oxidation sites excluding steroid dienone is 2. The number of aromatic nitrogens is 1. The van der Waals surface area contributed by atoms with E-state index >= 15 is 0 Å². The minimum Gasteiger partial charge on any atom is -0.438 e. The third-order valence-corrected chi connectivity index (χ3v) is 2.88. The molecule has 0 unspecified atom stereocenters. The van der Waals surface area contributed by atoms with Crippen LogP contribution in [0.3, 0.4) is 0 Å². The molecule has 0 aliphatic heterocycles. The summed E-state index contributed by atoms with van der Waals surface area (Å²) >= 11 is 0. The maximum absolute atomic E-state index is 5.71. The van der Waals surface area contributed by atoms with Crippen molar-refractivity contribution in [3.63, 3.8) is 0 Å². The lowest BCUT2D eigenvalue weighted by Crippen LogP contribution is -2.00. The van der Waals surface area contributed by atoms with Crippen molar-refractivity contribution in [1.29, 1.82) is 0 Å². The zero-order valence-electron chi connectivity index (χ0n) is 9.40. The SMILES string of the molecule is CC1(C)C=Cc2oc3ncccc3c2C=C1. The Hall–Kier alpha value is -1.83. The van der Waals surface area contributed by atoms with E-state index in [-0.39, 0.29) is 5.41 Å². The topological polar surface area (TPSA) is 26.0 Å². The molecular formula is C14H13NO. The molecule has 1 aliphatic carbocycles. The van der Waals surface area contributed by atoms with Gasteiger partial charge in [0.1, 0.15) is 5.76 Å². The maximum atomic E-state index is 5.71. The summed E-state index contributed by atoms with van der Waals surface area (Å²) in [5.74, 6) is 0.899. The summed E-state index contributed by atoms with van der Waals surface area (Å²) in [7, 11) is 0. The highest BCUT2D eigenvalue weighted by molar-refractivity contribution is 5.89. The average molecular weight is 211 g/mol. The lowest BCUT2D eigenvalue weighted by molar-refractivity contribution is 0.588. The summed E-state index contributed by atoms with van der Waals surface area (Å²) in [5.41, 5.74) is 1.92. The van der Waals surface area contributed by atoms with Gasteiger partial charge in [-0.3, -0.25) is 0 Å². The number of pyridine rings is 1. The first kappa shape index (κ1) is 9.40. The van der Waals surface area contributed by atoms with Gasteiger partial charge in [0.2, 0.25) is 5.71 Å². The predicted octanol–water partition coefficient (Wildman–Crippen LogP) is 3.89. The van der Waals surface area contributed by atoms with Crippen LogP contribution in [0.4, 0.5) is 0 Å². The van der Waals surface area contributed by atoms with Gasteiger partial charge in [-0.15, -0.1) is 0 Å². The van der Waals surface area contributed by atoms with E-state index in [0.29, 0.717) is 5.71 Å². The molecule has 0 radical (unpaired) electrons. The number of hydrogen-bond acceptors (Lipinski definition) is 2. The second-order valence-electron chi connectivity index (χ2n) is 4.72. The lowest BCUT2D eigenvalue weighted by Gasteiger charge is -2.12. The van der Waals surface area contributed by atoms with Crippen molar-refractivity contribution in [3.8, 4) is 0 Å². The van der Waals surface area contributed by atoms with E-state index in [1.54, 1.807) is 6.20 Å². The number of rotatable bonds is 0. The molecule has 0 atom stereocenters. The largest absolute Gasteiger partial charge is 0.438 e. The standard InChI is InChI=1S/C14H13NO/c1-14(2)7-5-10-11-4-3-9-15-13(11)16-12(10)6-8-14/h3-9H,1-2H3. The van der Waals surface area contributed by atoms with Gasteiger partial charge in [-0.25, -0.2) is 4.98 Å². The lowest BCUT2D eigenvalue weighted by atomic mass is 9.93. The summed E-state index contributed by atoms with van der Waals surface area (Å²) in [6.07, 6.45) is 10.3. The molecule has 0 saturated carbocycles. The highest BCUT2D eigenvalue weighted by atomic mass is 16.3. The first-order valence-corrected chi connectivity index (χ1v) is 5.42. The number of fused-ring (bicyclic) bond motifs is 3. The molecule has 2 aromatic heterocycles. The molecule has 0 amide bonds. The second-order valence-corrected chi connectivity index (χ2v) is 4.72. The van der Waals surface area contributed by atoms with E-state index in [4.69, 9.17) is 4.42 Å². The van der Waals surface area contributed by atoms with Crippen LogP contribution >= 0.6 is 0 Å². The Morgan fingerprint density at radius 2 is 2.00 bits per heavy atom. The minimum atomic E-state index is 0.0794. The minimum absolute atomic E-state index is 0.0794. The molecule has 0 aromatic carbocycles. The van der Waals surface area contributed by atoms with E-state index in [1.807, 2.05) is 18.2 Å². The molecule has 80 valence electrons. The van der Waals surface area contributed by atoms with Crippen molar-refractivity contribution in [2.45, 2.75) is 13.8 Å². The third-order valence-electron chi connectivity index (χ3n) is 2.88. The Bertz CT molecular complexity index is 602. The van der Waals surface area contributed by atoms with Crippen molar-refractivity contribution in [2.24, 2.45) is 5.41 Å². The fourth-order valence-corrected chi connectivity index (χ4v) is 1.91. The van der Waals surface area contributed by atoms with E-state index in [9.17, 15) is 0 Å². The van der Waals surface area contributed by atoms with Crippen LogP contribution in [0, 0.1) is 5.41 Å². The van der Waals surface area contributed by atoms with Crippen LogP contribution in [0.15, 0.2) is 34.9 Å². The van der Waals surface area contributed by atoms with Gasteiger partial charge in [-0.2, -0.15) is 0 Å². The highest BCUT2D eigenvalue weighted by Crippen LogP contribution is 2.32. The molecule has 2 aromatic rings. The summed E-state index contributed by atoms with van der Waals surface area (Å²) in [4.78, 5) is 4.22. The zero-order valence-corrected chi connectivity index (χ0v) is 9.40. The van der Waals surface area contributed by atoms with Gasteiger partial charge in [-0.05, 0) is 18.2 Å². The van der Waals surface area contributed by atoms with Crippen molar-refractivity contribution in [3.05, 3.63) is 41.8 Å². The van der Waals surface area contributed by atoms with Crippen LogP contribution in [0.2, 0.25) is 0 Å². The molecule has 0 N–H and O–H groups in total. The molecule has 2 heterocycles. The Balaban J connectivity index is 2.30. The van der Waals surface area contributed by atoms with Gasteiger partial charge in [0.25, 0.3) is 0 Å². The molecular weight excluding hydrogens is 198 g/mol. The summed E-state index contributed by atoms with van der Waals surface area (Å²) in [6.45, 7) is 4.35. The van der Waals surface area contributed by atoms with Crippen LogP contribution in [0.25, 0.3) is 23.3 Å². The molecule has 0 saturated heterocycles. The van der Waals surface area contributed by atoms with E-state index in [1.165, 1.54) is 0 Å². The van der Waals surface area contributed by atoms with Gasteiger partial charge in [0.05, 0.1) is 0 Å². The number of nitrogens with zero attached hydrogens (tertiary/aromatic N) is 1. The highest BCUT2D eigenvalue weighted by Gasteiger charge is 2.17. The zero-order chi connectivity index (χ0) is 11.2. The first-order chi connectivity index (χ1) is 7.66. The Morgan fingerprint density at radius 3 is 2.88 bits per heavy atom. The maximum Gasteiger partial charge on any atom is 0.227 e. The number of furan rings is 1. The van der Waals surface area contributed by atoms with Gasteiger partial charge in [0.15, 0.2) is 0 Å².